The summed E-state index contributed by atoms with van der Waals surface area (Å²) in [5, 5.41) is 0. The number of aliphatic imine (C=N–C) groups is 1. The minimum Gasteiger partial charge on any atom is -0.478 e. The van der Waals surface area contributed by atoms with Crippen molar-refractivity contribution in [3.63, 3.8) is 0 Å². The van der Waals surface area contributed by atoms with E-state index in [0.29, 0.717) is 25.0 Å². The minimum atomic E-state index is -0.131. The molecule has 0 amide bonds. The molecule has 0 bridgehead atoms. The maximum absolute atomic E-state index is 5.52. The Hall–Kier alpha value is -1.58. The first-order chi connectivity index (χ1) is 7.61. The lowest BCUT2D eigenvalue weighted by molar-refractivity contribution is 0.279. The van der Waals surface area contributed by atoms with E-state index in [-0.39, 0.29) is 5.54 Å². The van der Waals surface area contributed by atoms with Gasteiger partial charge >= 0.3 is 0 Å². The normalized spacial score (nSPS) is 17.8. The molecule has 0 spiro atoms. The van der Waals surface area contributed by atoms with Crippen molar-refractivity contribution in [3.8, 4) is 5.88 Å². The minimum absolute atomic E-state index is 0.131. The van der Waals surface area contributed by atoms with Gasteiger partial charge in [0.1, 0.15) is 6.61 Å². The van der Waals surface area contributed by atoms with Crippen molar-refractivity contribution in [2.24, 2.45) is 4.99 Å². The van der Waals surface area contributed by atoms with Crippen molar-refractivity contribution in [2.45, 2.75) is 26.3 Å². The molecule has 0 radical (unpaired) electrons. The van der Waals surface area contributed by atoms with E-state index in [1.165, 1.54) is 0 Å². The molecule has 16 heavy (non-hydrogen) atoms. The molecule has 2 heterocycles. The zero-order valence-corrected chi connectivity index (χ0v) is 9.86. The number of rotatable bonds is 3. The Balaban J connectivity index is 2.17. The molecule has 1 aliphatic heterocycles. The number of hydrogen-bond donors (Lipinski definition) is 0. The van der Waals surface area contributed by atoms with Crippen LogP contribution in [-0.4, -0.2) is 29.6 Å². The van der Waals surface area contributed by atoms with E-state index >= 15 is 0 Å². The highest BCUT2D eigenvalue weighted by Crippen LogP contribution is 2.20. The number of ether oxygens (including phenoxy) is 2. The molecular weight excluding hydrogens is 204 g/mol. The van der Waals surface area contributed by atoms with E-state index in [4.69, 9.17) is 9.47 Å². The lowest BCUT2D eigenvalue weighted by Gasteiger charge is -2.07. The van der Waals surface area contributed by atoms with Crippen LogP contribution < -0.4 is 4.74 Å². The van der Waals surface area contributed by atoms with E-state index in [1.807, 2.05) is 32.9 Å². The Morgan fingerprint density at radius 2 is 2.25 bits per heavy atom. The van der Waals surface area contributed by atoms with Crippen LogP contribution in [0.15, 0.2) is 23.3 Å². The van der Waals surface area contributed by atoms with Gasteiger partial charge in [-0.2, -0.15) is 0 Å². The summed E-state index contributed by atoms with van der Waals surface area (Å²) in [6, 6.07) is 3.74. The molecule has 0 atom stereocenters. The van der Waals surface area contributed by atoms with Crippen LogP contribution in [0.25, 0.3) is 0 Å². The average Bonchev–Trinajstić information content (AvgIpc) is 2.61. The number of hydrogen-bond acceptors (Lipinski definition) is 4. The van der Waals surface area contributed by atoms with Crippen molar-refractivity contribution >= 4 is 5.90 Å². The van der Waals surface area contributed by atoms with Crippen LogP contribution in [0.4, 0.5) is 0 Å². The molecule has 0 unspecified atom stereocenters. The Bertz CT molecular complexity index is 396. The highest BCUT2D eigenvalue weighted by atomic mass is 16.5. The Kier molecular flexibility index (Phi) is 2.81. The highest BCUT2D eigenvalue weighted by molar-refractivity contribution is 5.95. The van der Waals surface area contributed by atoms with Crippen molar-refractivity contribution in [3.05, 3.63) is 23.9 Å². The molecule has 4 nitrogen and oxygen atoms in total. The van der Waals surface area contributed by atoms with Gasteiger partial charge in [0, 0.05) is 12.3 Å². The van der Waals surface area contributed by atoms with E-state index in [2.05, 4.69) is 9.98 Å². The molecule has 0 N–H and O–H groups in total. The summed E-state index contributed by atoms with van der Waals surface area (Å²) in [5.74, 6) is 1.30. The van der Waals surface area contributed by atoms with Crippen LogP contribution in [0.3, 0.4) is 0 Å². The van der Waals surface area contributed by atoms with Crippen LogP contribution in [0.1, 0.15) is 26.3 Å². The predicted octanol–water partition coefficient (Wildman–Crippen LogP) is 2.04. The molecule has 0 aromatic carbocycles. The predicted molar refractivity (Wildman–Crippen MR) is 62.0 cm³/mol. The van der Waals surface area contributed by atoms with Crippen LogP contribution in [0.2, 0.25) is 0 Å². The first-order valence-electron chi connectivity index (χ1n) is 5.42. The monoisotopic (exact) mass is 220 g/mol. The molecule has 4 heteroatoms. The zero-order chi connectivity index (χ0) is 11.6. The van der Waals surface area contributed by atoms with Gasteiger partial charge in [0.2, 0.25) is 11.8 Å². The smallest absolute Gasteiger partial charge is 0.218 e. The van der Waals surface area contributed by atoms with Crippen molar-refractivity contribution in [1.29, 1.82) is 0 Å². The summed E-state index contributed by atoms with van der Waals surface area (Å²) < 4.78 is 10.8. The Labute approximate surface area is 95.3 Å². The summed E-state index contributed by atoms with van der Waals surface area (Å²) in [6.07, 6.45) is 1.73. The standard InChI is InChI=1S/C12H16N2O2/c1-4-15-10-6-5-9(7-13-10)11-14-12(2,3)8-16-11/h5-7H,4,8H2,1-3H3. The van der Waals surface area contributed by atoms with Crippen molar-refractivity contribution in [1.82, 2.24) is 4.98 Å². The molecule has 1 aromatic rings. The molecule has 2 rings (SSSR count). The number of nitrogens with zero attached hydrogens (tertiary/aromatic N) is 2. The molecule has 0 aliphatic carbocycles. The van der Waals surface area contributed by atoms with Gasteiger partial charge in [-0.3, -0.25) is 0 Å². The quantitative estimate of drug-likeness (QED) is 0.783. The second kappa shape index (κ2) is 4.12. The molecule has 1 aromatic heterocycles. The summed E-state index contributed by atoms with van der Waals surface area (Å²) in [4.78, 5) is 8.66. The van der Waals surface area contributed by atoms with Gasteiger partial charge in [-0.25, -0.2) is 9.98 Å². The molecule has 1 aliphatic rings. The largest absolute Gasteiger partial charge is 0.478 e. The highest BCUT2D eigenvalue weighted by Gasteiger charge is 2.27. The van der Waals surface area contributed by atoms with Crippen LogP contribution in [-0.2, 0) is 4.74 Å². The third kappa shape index (κ3) is 2.32. The maximum atomic E-state index is 5.52. The summed E-state index contributed by atoms with van der Waals surface area (Å²) in [5.41, 5.74) is 0.766. The zero-order valence-electron chi connectivity index (χ0n) is 9.86. The third-order valence-electron chi connectivity index (χ3n) is 2.24. The van der Waals surface area contributed by atoms with Gasteiger partial charge in [-0.15, -0.1) is 0 Å². The van der Waals surface area contributed by atoms with Crippen molar-refractivity contribution < 1.29 is 9.47 Å². The average molecular weight is 220 g/mol. The summed E-state index contributed by atoms with van der Waals surface area (Å²) in [7, 11) is 0. The van der Waals surface area contributed by atoms with Crippen LogP contribution in [0.5, 0.6) is 5.88 Å². The van der Waals surface area contributed by atoms with E-state index in [1.54, 1.807) is 6.20 Å². The fraction of sp³-hybridized carbons (Fsp3) is 0.500. The fourth-order valence-corrected chi connectivity index (χ4v) is 1.47. The lowest BCUT2D eigenvalue weighted by atomic mass is 10.1. The topological polar surface area (TPSA) is 43.7 Å². The first kappa shape index (κ1) is 10.9. The Morgan fingerprint density at radius 1 is 1.44 bits per heavy atom. The van der Waals surface area contributed by atoms with E-state index in [9.17, 15) is 0 Å². The Morgan fingerprint density at radius 3 is 2.75 bits per heavy atom. The summed E-state index contributed by atoms with van der Waals surface area (Å²) in [6.45, 7) is 7.26. The first-order valence-corrected chi connectivity index (χ1v) is 5.42. The number of pyridine rings is 1. The van der Waals surface area contributed by atoms with Crippen LogP contribution in [0, 0.1) is 0 Å². The van der Waals surface area contributed by atoms with E-state index in [0.717, 1.165) is 5.56 Å². The van der Waals surface area contributed by atoms with Gasteiger partial charge in [0.05, 0.1) is 17.7 Å². The molecular formula is C12H16N2O2. The van der Waals surface area contributed by atoms with Gasteiger partial charge in [0.25, 0.3) is 0 Å². The SMILES string of the molecule is CCOc1ccc(C2=NC(C)(C)CO2)cn1. The second-order valence-electron chi connectivity index (χ2n) is 4.34. The van der Waals surface area contributed by atoms with Gasteiger partial charge in [-0.05, 0) is 26.8 Å². The molecule has 0 fully saturated rings. The van der Waals surface area contributed by atoms with Gasteiger partial charge in [0.15, 0.2) is 0 Å². The van der Waals surface area contributed by atoms with Gasteiger partial charge in [-0.1, -0.05) is 0 Å². The second-order valence-corrected chi connectivity index (χ2v) is 4.34. The molecule has 86 valence electrons. The molecule has 0 saturated heterocycles. The number of aromatic nitrogens is 1. The lowest BCUT2D eigenvalue weighted by Crippen LogP contribution is -2.17. The van der Waals surface area contributed by atoms with Crippen LogP contribution >= 0.6 is 0 Å². The fourth-order valence-electron chi connectivity index (χ4n) is 1.47. The van der Waals surface area contributed by atoms with Crippen molar-refractivity contribution in [2.75, 3.05) is 13.2 Å². The maximum Gasteiger partial charge on any atom is 0.218 e. The third-order valence-corrected chi connectivity index (χ3v) is 2.24. The summed E-state index contributed by atoms with van der Waals surface area (Å²) >= 11 is 0. The van der Waals surface area contributed by atoms with Gasteiger partial charge < -0.3 is 9.47 Å². The van der Waals surface area contributed by atoms with E-state index < -0.39 is 0 Å². The molecule has 0 saturated carbocycles.